The summed E-state index contributed by atoms with van der Waals surface area (Å²) in [5.41, 5.74) is 6.21. The monoisotopic (exact) mass is 179 g/mol. The summed E-state index contributed by atoms with van der Waals surface area (Å²) >= 11 is 0. The van der Waals surface area contributed by atoms with Crippen LogP contribution in [0.4, 0.5) is 0 Å². The van der Waals surface area contributed by atoms with E-state index in [0.29, 0.717) is 5.92 Å². The number of hydrogen-bond donors (Lipinski definition) is 2. The van der Waals surface area contributed by atoms with E-state index in [1.807, 2.05) is 6.07 Å². The van der Waals surface area contributed by atoms with Crippen LogP contribution in [0.15, 0.2) is 12.3 Å². The molecule has 1 unspecified atom stereocenters. The Morgan fingerprint density at radius 1 is 1.69 bits per heavy atom. The molecule has 0 radical (unpaired) electrons. The predicted octanol–water partition coefficient (Wildman–Crippen LogP) is 0.779. The first kappa shape index (κ1) is 8.29. The molecule has 1 fully saturated rings. The summed E-state index contributed by atoms with van der Waals surface area (Å²) in [6, 6.07) is 1.83. The van der Waals surface area contributed by atoms with Gasteiger partial charge in [-0.15, -0.1) is 0 Å². The first-order chi connectivity index (χ1) is 6.29. The van der Waals surface area contributed by atoms with Gasteiger partial charge >= 0.3 is 0 Å². The van der Waals surface area contributed by atoms with Gasteiger partial charge in [-0.1, -0.05) is 6.42 Å². The van der Waals surface area contributed by atoms with Crippen molar-refractivity contribution in [1.82, 2.24) is 10.2 Å². The number of aromatic amines is 1. The van der Waals surface area contributed by atoms with Crippen molar-refractivity contribution in [2.45, 2.75) is 25.2 Å². The first-order valence-corrected chi connectivity index (χ1v) is 4.57. The topological polar surface area (TPSA) is 71.8 Å². The molecule has 4 heteroatoms. The number of hydrogen-bond acceptors (Lipinski definition) is 2. The van der Waals surface area contributed by atoms with Gasteiger partial charge in [0.1, 0.15) is 0 Å². The lowest BCUT2D eigenvalue weighted by molar-refractivity contribution is -0.121. The minimum atomic E-state index is -0.242. The number of amides is 1. The maximum absolute atomic E-state index is 11.2. The Morgan fingerprint density at radius 3 is 2.85 bits per heavy atom. The van der Waals surface area contributed by atoms with Gasteiger partial charge in [-0.3, -0.25) is 9.89 Å². The molecule has 1 aromatic rings. The van der Waals surface area contributed by atoms with E-state index < -0.39 is 0 Å². The Bertz CT molecular complexity index is 290. The maximum atomic E-state index is 11.2. The van der Waals surface area contributed by atoms with Crippen molar-refractivity contribution in [2.24, 2.45) is 11.7 Å². The maximum Gasteiger partial charge on any atom is 0.226 e. The minimum Gasteiger partial charge on any atom is -0.369 e. The number of nitrogens with zero attached hydrogens (tertiary/aromatic N) is 1. The molecule has 1 atom stereocenters. The smallest absolute Gasteiger partial charge is 0.226 e. The molecule has 1 aromatic heterocycles. The highest BCUT2D eigenvalue weighted by Crippen LogP contribution is 2.38. The van der Waals surface area contributed by atoms with E-state index in [9.17, 15) is 4.79 Å². The average Bonchev–Trinajstić information content (AvgIpc) is 2.46. The Hall–Kier alpha value is -1.32. The minimum absolute atomic E-state index is 0.156. The Labute approximate surface area is 76.5 Å². The van der Waals surface area contributed by atoms with Crippen LogP contribution in [0.25, 0.3) is 0 Å². The van der Waals surface area contributed by atoms with Gasteiger partial charge in [0.05, 0.1) is 5.92 Å². The lowest BCUT2D eigenvalue weighted by Crippen LogP contribution is -2.32. The molecule has 1 saturated carbocycles. The third-order valence-electron chi connectivity index (χ3n) is 2.79. The molecule has 13 heavy (non-hydrogen) atoms. The normalized spacial score (nSPS) is 19.4. The van der Waals surface area contributed by atoms with Gasteiger partial charge in [0.2, 0.25) is 5.91 Å². The van der Waals surface area contributed by atoms with Gasteiger partial charge < -0.3 is 5.73 Å². The molecule has 1 aliphatic rings. The van der Waals surface area contributed by atoms with Gasteiger partial charge in [0, 0.05) is 11.9 Å². The number of carbonyl (C=O) groups is 1. The second-order valence-electron chi connectivity index (χ2n) is 3.58. The summed E-state index contributed by atoms with van der Waals surface area (Å²) < 4.78 is 0. The Kier molecular flexibility index (Phi) is 2.04. The summed E-state index contributed by atoms with van der Waals surface area (Å²) in [5.74, 6) is 0.0307. The SMILES string of the molecule is NC(=O)C(c1ccn[nH]1)C1CCC1. The van der Waals surface area contributed by atoms with Crippen molar-refractivity contribution in [1.29, 1.82) is 0 Å². The van der Waals surface area contributed by atoms with Gasteiger partial charge in [-0.05, 0) is 24.8 Å². The lowest BCUT2D eigenvalue weighted by Gasteiger charge is -2.30. The number of primary amides is 1. The van der Waals surface area contributed by atoms with Crippen LogP contribution >= 0.6 is 0 Å². The Morgan fingerprint density at radius 2 is 2.46 bits per heavy atom. The zero-order chi connectivity index (χ0) is 9.26. The molecule has 1 aliphatic carbocycles. The second kappa shape index (κ2) is 3.20. The number of H-pyrrole nitrogens is 1. The van der Waals surface area contributed by atoms with Crippen LogP contribution in [-0.4, -0.2) is 16.1 Å². The number of nitrogens with one attached hydrogen (secondary N) is 1. The molecular weight excluding hydrogens is 166 g/mol. The van der Waals surface area contributed by atoms with Crippen molar-refractivity contribution in [3.05, 3.63) is 18.0 Å². The number of carbonyl (C=O) groups excluding carboxylic acids is 1. The Balaban J connectivity index is 2.18. The van der Waals surface area contributed by atoms with E-state index >= 15 is 0 Å². The van der Waals surface area contributed by atoms with Crippen LogP contribution in [0.1, 0.15) is 30.9 Å². The summed E-state index contributed by atoms with van der Waals surface area (Å²) in [6.07, 6.45) is 5.08. The third-order valence-corrected chi connectivity index (χ3v) is 2.79. The van der Waals surface area contributed by atoms with Crippen molar-refractivity contribution < 1.29 is 4.79 Å². The van der Waals surface area contributed by atoms with Crippen LogP contribution in [0, 0.1) is 5.92 Å². The van der Waals surface area contributed by atoms with E-state index in [1.54, 1.807) is 6.20 Å². The van der Waals surface area contributed by atoms with Crippen LogP contribution in [0.5, 0.6) is 0 Å². The van der Waals surface area contributed by atoms with E-state index in [1.165, 1.54) is 6.42 Å². The van der Waals surface area contributed by atoms with Crippen molar-refractivity contribution in [2.75, 3.05) is 0 Å². The summed E-state index contributed by atoms with van der Waals surface area (Å²) in [6.45, 7) is 0. The zero-order valence-corrected chi connectivity index (χ0v) is 7.36. The molecule has 0 aromatic carbocycles. The molecule has 0 bridgehead atoms. The van der Waals surface area contributed by atoms with E-state index in [-0.39, 0.29) is 11.8 Å². The second-order valence-corrected chi connectivity index (χ2v) is 3.58. The summed E-state index contributed by atoms with van der Waals surface area (Å²) in [7, 11) is 0. The standard InChI is InChI=1S/C9H13N3O/c10-9(13)8(6-2-1-3-6)7-4-5-11-12-7/h4-6,8H,1-3H2,(H2,10,13)(H,11,12). The first-order valence-electron chi connectivity index (χ1n) is 4.57. The van der Waals surface area contributed by atoms with Crippen LogP contribution in [0.2, 0.25) is 0 Å². The fourth-order valence-electron chi connectivity index (χ4n) is 1.85. The van der Waals surface area contributed by atoms with Crippen LogP contribution in [-0.2, 0) is 4.79 Å². The predicted molar refractivity (Wildman–Crippen MR) is 47.9 cm³/mol. The zero-order valence-electron chi connectivity index (χ0n) is 7.36. The fourth-order valence-corrected chi connectivity index (χ4v) is 1.85. The van der Waals surface area contributed by atoms with E-state index in [2.05, 4.69) is 10.2 Å². The molecule has 2 rings (SSSR count). The molecule has 1 heterocycles. The molecular formula is C9H13N3O. The highest BCUT2D eigenvalue weighted by atomic mass is 16.1. The molecule has 3 N–H and O–H groups in total. The lowest BCUT2D eigenvalue weighted by atomic mass is 9.74. The number of aromatic nitrogens is 2. The van der Waals surface area contributed by atoms with Crippen molar-refractivity contribution >= 4 is 5.91 Å². The van der Waals surface area contributed by atoms with Crippen LogP contribution < -0.4 is 5.73 Å². The summed E-state index contributed by atoms with van der Waals surface area (Å²) in [5, 5.41) is 6.65. The summed E-state index contributed by atoms with van der Waals surface area (Å²) in [4.78, 5) is 11.2. The molecule has 0 saturated heterocycles. The van der Waals surface area contributed by atoms with Crippen LogP contribution in [0.3, 0.4) is 0 Å². The average molecular weight is 179 g/mol. The largest absolute Gasteiger partial charge is 0.369 e. The van der Waals surface area contributed by atoms with Crippen molar-refractivity contribution in [3.63, 3.8) is 0 Å². The van der Waals surface area contributed by atoms with E-state index in [4.69, 9.17) is 5.73 Å². The van der Waals surface area contributed by atoms with E-state index in [0.717, 1.165) is 18.5 Å². The third kappa shape index (κ3) is 1.43. The van der Waals surface area contributed by atoms with Crippen molar-refractivity contribution in [3.8, 4) is 0 Å². The quantitative estimate of drug-likeness (QED) is 0.719. The highest BCUT2D eigenvalue weighted by molar-refractivity contribution is 5.81. The highest BCUT2D eigenvalue weighted by Gasteiger charge is 2.33. The van der Waals surface area contributed by atoms with Gasteiger partial charge in [0.25, 0.3) is 0 Å². The molecule has 4 nitrogen and oxygen atoms in total. The van der Waals surface area contributed by atoms with Gasteiger partial charge in [-0.2, -0.15) is 5.10 Å². The molecule has 0 spiro atoms. The molecule has 1 amide bonds. The fraction of sp³-hybridized carbons (Fsp3) is 0.556. The molecule has 0 aliphatic heterocycles. The molecule has 70 valence electrons. The number of nitrogens with two attached hydrogens (primary N) is 1. The van der Waals surface area contributed by atoms with Gasteiger partial charge in [-0.25, -0.2) is 0 Å². The number of rotatable bonds is 3. The van der Waals surface area contributed by atoms with Gasteiger partial charge in [0.15, 0.2) is 0 Å².